The molecular weight excluding hydrogens is 152 g/mol. The van der Waals surface area contributed by atoms with Gasteiger partial charge in [-0.2, -0.15) is 0 Å². The number of aliphatic hydroxyl groups is 1. The van der Waals surface area contributed by atoms with Crippen LogP contribution in [0.4, 0.5) is 0 Å². The summed E-state index contributed by atoms with van der Waals surface area (Å²) in [5, 5.41) is 10.6. The van der Waals surface area contributed by atoms with Gasteiger partial charge in [-0.3, -0.25) is 0 Å². The molecule has 1 unspecified atom stereocenters. The van der Waals surface area contributed by atoms with Gasteiger partial charge in [0.05, 0.1) is 7.11 Å². The van der Waals surface area contributed by atoms with Crippen LogP contribution in [0.3, 0.4) is 0 Å². The zero-order chi connectivity index (χ0) is 7.56. The Morgan fingerprint density at radius 2 is 2.70 bits per heavy atom. The molecule has 3 nitrogen and oxygen atoms in total. The number of hydrogen-bond donors (Lipinski definition) is 1. The van der Waals surface area contributed by atoms with Gasteiger partial charge in [0.1, 0.15) is 5.44 Å². The molecule has 0 amide bonds. The highest BCUT2D eigenvalue weighted by atomic mass is 32.2. The van der Waals surface area contributed by atoms with Crippen molar-refractivity contribution in [3.05, 3.63) is 11.0 Å². The number of rotatable bonds is 1. The maximum atomic E-state index is 10.7. The lowest BCUT2D eigenvalue weighted by Gasteiger charge is -1.98. The van der Waals surface area contributed by atoms with Crippen LogP contribution < -0.4 is 0 Å². The van der Waals surface area contributed by atoms with Crippen LogP contribution >= 0.6 is 11.8 Å². The summed E-state index contributed by atoms with van der Waals surface area (Å²) in [6.07, 6.45) is 0.400. The van der Waals surface area contributed by atoms with Crippen LogP contribution in [0.2, 0.25) is 0 Å². The fourth-order valence-electron chi connectivity index (χ4n) is 0.708. The minimum atomic E-state index is -0.464. The standard InChI is InChI=1S/C6H8O3S/c1-9-6(8)4-2-5(7)10-3-4/h3,5,7H,2H2,1H3. The lowest BCUT2D eigenvalue weighted by Crippen LogP contribution is -2.05. The zero-order valence-corrected chi connectivity index (χ0v) is 6.35. The fraction of sp³-hybridized carbons (Fsp3) is 0.500. The van der Waals surface area contributed by atoms with Crippen LogP contribution in [-0.4, -0.2) is 23.6 Å². The highest BCUT2D eigenvalue weighted by molar-refractivity contribution is 8.02. The quantitative estimate of drug-likeness (QED) is 0.567. The van der Waals surface area contributed by atoms with E-state index in [1.165, 1.54) is 18.9 Å². The van der Waals surface area contributed by atoms with E-state index >= 15 is 0 Å². The number of ether oxygens (including phenoxy) is 1. The van der Waals surface area contributed by atoms with Gasteiger partial charge in [0.25, 0.3) is 0 Å². The minimum absolute atomic E-state index is 0.343. The molecule has 0 fully saturated rings. The van der Waals surface area contributed by atoms with Crippen molar-refractivity contribution in [2.45, 2.75) is 11.9 Å². The van der Waals surface area contributed by atoms with Crippen molar-refractivity contribution in [3.63, 3.8) is 0 Å². The first kappa shape index (κ1) is 7.63. The summed E-state index contributed by atoms with van der Waals surface area (Å²) < 4.78 is 4.45. The van der Waals surface area contributed by atoms with Gasteiger partial charge >= 0.3 is 5.97 Å². The molecule has 1 aliphatic rings. The third-order valence-electron chi connectivity index (χ3n) is 1.21. The van der Waals surface area contributed by atoms with E-state index in [9.17, 15) is 4.79 Å². The summed E-state index contributed by atoms with van der Waals surface area (Å²) >= 11 is 1.24. The fourth-order valence-corrected chi connectivity index (χ4v) is 1.50. The normalized spacial score (nSPS) is 24.2. The predicted octanol–water partition coefficient (Wildman–Crippen LogP) is 0.499. The van der Waals surface area contributed by atoms with E-state index in [1.807, 2.05) is 0 Å². The van der Waals surface area contributed by atoms with Crippen molar-refractivity contribution in [2.75, 3.05) is 7.11 Å². The SMILES string of the molecule is COC(=O)C1=CSC(O)C1. The molecule has 0 radical (unpaired) electrons. The minimum Gasteiger partial charge on any atom is -0.466 e. The summed E-state index contributed by atoms with van der Waals surface area (Å²) in [6.45, 7) is 0. The Labute approximate surface area is 63.1 Å². The lowest BCUT2D eigenvalue weighted by molar-refractivity contribution is -0.136. The van der Waals surface area contributed by atoms with Gasteiger partial charge in [0.2, 0.25) is 0 Å². The third-order valence-corrected chi connectivity index (χ3v) is 2.11. The average Bonchev–Trinajstić information content (AvgIpc) is 2.34. The topological polar surface area (TPSA) is 46.5 Å². The van der Waals surface area contributed by atoms with Crippen molar-refractivity contribution in [1.29, 1.82) is 0 Å². The van der Waals surface area contributed by atoms with Crippen LogP contribution in [-0.2, 0) is 9.53 Å². The number of hydrogen-bond acceptors (Lipinski definition) is 4. The third kappa shape index (κ3) is 1.52. The maximum absolute atomic E-state index is 10.7. The average molecular weight is 160 g/mol. The molecule has 1 heterocycles. The number of methoxy groups -OCH3 is 1. The molecule has 0 aromatic carbocycles. The Hall–Kier alpha value is -0.480. The van der Waals surface area contributed by atoms with Crippen molar-refractivity contribution in [2.24, 2.45) is 0 Å². The Morgan fingerprint density at radius 1 is 2.00 bits per heavy atom. The molecule has 1 atom stereocenters. The molecule has 56 valence electrons. The van der Waals surface area contributed by atoms with E-state index in [0.717, 1.165) is 0 Å². The molecule has 0 aliphatic carbocycles. The first-order valence-electron chi connectivity index (χ1n) is 2.85. The zero-order valence-electron chi connectivity index (χ0n) is 5.53. The Balaban J connectivity index is 2.51. The van der Waals surface area contributed by atoms with E-state index < -0.39 is 5.44 Å². The van der Waals surface area contributed by atoms with Crippen molar-refractivity contribution in [3.8, 4) is 0 Å². The van der Waals surface area contributed by atoms with Gasteiger partial charge < -0.3 is 9.84 Å². The van der Waals surface area contributed by atoms with Gasteiger partial charge in [-0.25, -0.2) is 4.79 Å². The number of carbonyl (C=O) groups is 1. The van der Waals surface area contributed by atoms with Crippen LogP contribution in [0.1, 0.15) is 6.42 Å². The molecule has 0 aromatic heterocycles. The molecule has 0 bridgehead atoms. The van der Waals surface area contributed by atoms with E-state index in [4.69, 9.17) is 5.11 Å². The molecule has 0 aromatic rings. The van der Waals surface area contributed by atoms with E-state index in [0.29, 0.717) is 12.0 Å². The van der Waals surface area contributed by atoms with E-state index in [1.54, 1.807) is 5.41 Å². The molecule has 0 spiro atoms. The van der Waals surface area contributed by atoms with Crippen molar-refractivity contribution in [1.82, 2.24) is 0 Å². The smallest absolute Gasteiger partial charge is 0.334 e. The molecular formula is C6H8O3S. The van der Waals surface area contributed by atoms with Crippen LogP contribution in [0.5, 0.6) is 0 Å². The van der Waals surface area contributed by atoms with Gasteiger partial charge in [-0.1, -0.05) is 0 Å². The van der Waals surface area contributed by atoms with Gasteiger partial charge in [-0.15, -0.1) is 11.8 Å². The highest BCUT2D eigenvalue weighted by Gasteiger charge is 2.20. The van der Waals surface area contributed by atoms with Crippen LogP contribution in [0.15, 0.2) is 11.0 Å². The van der Waals surface area contributed by atoms with Crippen LogP contribution in [0.25, 0.3) is 0 Å². The second-order valence-electron chi connectivity index (χ2n) is 1.93. The Bertz CT molecular complexity index is 176. The Kier molecular flexibility index (Phi) is 2.34. The summed E-state index contributed by atoms with van der Waals surface area (Å²) in [6, 6.07) is 0. The maximum Gasteiger partial charge on any atom is 0.334 e. The summed E-state index contributed by atoms with van der Waals surface area (Å²) in [7, 11) is 1.33. The number of aliphatic hydroxyl groups excluding tert-OH is 1. The summed E-state index contributed by atoms with van der Waals surface area (Å²) in [5.41, 5.74) is 0.0918. The monoisotopic (exact) mass is 160 g/mol. The van der Waals surface area contributed by atoms with Gasteiger partial charge in [-0.05, 0) is 5.41 Å². The molecule has 4 heteroatoms. The first-order chi connectivity index (χ1) is 4.74. The molecule has 1 aliphatic heterocycles. The highest BCUT2D eigenvalue weighted by Crippen LogP contribution is 2.28. The second-order valence-corrected chi connectivity index (χ2v) is 2.98. The Morgan fingerprint density at radius 3 is 3.10 bits per heavy atom. The van der Waals surface area contributed by atoms with E-state index in [2.05, 4.69) is 4.74 Å². The molecule has 10 heavy (non-hydrogen) atoms. The summed E-state index contributed by atoms with van der Waals surface area (Å²) in [5.74, 6) is -0.343. The van der Waals surface area contributed by atoms with Crippen LogP contribution in [0, 0.1) is 0 Å². The predicted molar refractivity (Wildman–Crippen MR) is 38.3 cm³/mol. The lowest BCUT2D eigenvalue weighted by atomic mass is 10.2. The largest absolute Gasteiger partial charge is 0.466 e. The number of esters is 1. The number of thioether (sulfide) groups is 1. The first-order valence-corrected chi connectivity index (χ1v) is 3.79. The van der Waals surface area contributed by atoms with Crippen molar-refractivity contribution < 1.29 is 14.6 Å². The molecule has 1 N–H and O–H groups in total. The van der Waals surface area contributed by atoms with Gasteiger partial charge in [0.15, 0.2) is 0 Å². The molecule has 0 saturated heterocycles. The van der Waals surface area contributed by atoms with E-state index in [-0.39, 0.29) is 5.97 Å². The number of carbonyl (C=O) groups excluding carboxylic acids is 1. The summed E-state index contributed by atoms with van der Waals surface area (Å²) in [4.78, 5) is 10.7. The van der Waals surface area contributed by atoms with Gasteiger partial charge in [0, 0.05) is 12.0 Å². The molecule has 1 rings (SSSR count). The van der Waals surface area contributed by atoms with Crippen molar-refractivity contribution >= 4 is 17.7 Å². The molecule has 0 saturated carbocycles. The second kappa shape index (κ2) is 3.07.